The van der Waals surface area contributed by atoms with E-state index in [1.54, 1.807) is 0 Å². The Labute approximate surface area is 93.3 Å². The summed E-state index contributed by atoms with van der Waals surface area (Å²) in [6, 6.07) is 5.89. The molecule has 0 aliphatic carbocycles. The fraction of sp³-hybridized carbons (Fsp3) is 0.182. The molecular weight excluding hydrogens is 210 g/mol. The normalized spacial score (nSPS) is 10.6. The number of aryl methyl sites for hydroxylation is 2. The van der Waals surface area contributed by atoms with E-state index in [4.69, 9.17) is 17.3 Å². The molecule has 3 nitrogen and oxygen atoms in total. The van der Waals surface area contributed by atoms with E-state index in [0.717, 1.165) is 22.4 Å². The number of nitrogen functional groups attached to an aromatic ring is 1. The van der Waals surface area contributed by atoms with Gasteiger partial charge in [0.2, 0.25) is 0 Å². The van der Waals surface area contributed by atoms with E-state index in [2.05, 4.69) is 10.2 Å². The standard InChI is InChI=1S/C11H12ClN3/c1-6-3-4-8(9(12)5-6)10-7(2)14-15-11(10)13/h3-5H,1-2H3,(H3,13,14,15). The molecule has 0 atom stereocenters. The Morgan fingerprint density at radius 3 is 2.60 bits per heavy atom. The first-order valence-electron chi connectivity index (χ1n) is 4.66. The zero-order valence-corrected chi connectivity index (χ0v) is 9.39. The number of halogens is 1. The van der Waals surface area contributed by atoms with Crippen molar-refractivity contribution in [3.63, 3.8) is 0 Å². The van der Waals surface area contributed by atoms with Gasteiger partial charge in [-0.1, -0.05) is 23.7 Å². The predicted octanol–water partition coefficient (Wildman–Crippen LogP) is 2.93. The lowest BCUT2D eigenvalue weighted by molar-refractivity contribution is 1.05. The van der Waals surface area contributed by atoms with Crippen LogP contribution in [0.3, 0.4) is 0 Å². The lowest BCUT2D eigenvalue weighted by Crippen LogP contribution is -1.89. The Bertz CT molecular complexity index is 483. The fourth-order valence-electron chi connectivity index (χ4n) is 1.61. The van der Waals surface area contributed by atoms with Crippen molar-refractivity contribution in [1.29, 1.82) is 0 Å². The Hall–Kier alpha value is -1.48. The third-order valence-electron chi connectivity index (χ3n) is 2.37. The zero-order valence-electron chi connectivity index (χ0n) is 8.63. The Morgan fingerprint density at radius 1 is 1.33 bits per heavy atom. The summed E-state index contributed by atoms with van der Waals surface area (Å²) in [5.74, 6) is 0.484. The van der Waals surface area contributed by atoms with Crippen LogP contribution in [0.15, 0.2) is 18.2 Å². The molecular formula is C11H12ClN3. The molecule has 0 spiro atoms. The SMILES string of the molecule is Cc1ccc(-c2c(N)n[nH]c2C)c(Cl)c1. The summed E-state index contributed by atoms with van der Waals surface area (Å²) in [5.41, 5.74) is 9.65. The van der Waals surface area contributed by atoms with Crippen LogP contribution in [0.5, 0.6) is 0 Å². The Balaban J connectivity index is 2.64. The van der Waals surface area contributed by atoms with Crippen molar-refractivity contribution >= 4 is 17.4 Å². The molecule has 0 amide bonds. The Morgan fingerprint density at radius 2 is 2.07 bits per heavy atom. The highest BCUT2D eigenvalue weighted by Crippen LogP contribution is 2.33. The highest BCUT2D eigenvalue weighted by atomic mass is 35.5. The molecule has 1 aromatic carbocycles. The minimum absolute atomic E-state index is 0.484. The average Bonchev–Trinajstić information content (AvgIpc) is 2.48. The molecule has 78 valence electrons. The van der Waals surface area contributed by atoms with Gasteiger partial charge in [-0.3, -0.25) is 5.10 Å². The van der Waals surface area contributed by atoms with Gasteiger partial charge in [-0.25, -0.2) is 0 Å². The number of nitrogens with one attached hydrogen (secondary N) is 1. The number of aromatic amines is 1. The third kappa shape index (κ3) is 1.70. The van der Waals surface area contributed by atoms with Crippen LogP contribution in [-0.2, 0) is 0 Å². The van der Waals surface area contributed by atoms with Crippen molar-refractivity contribution in [1.82, 2.24) is 10.2 Å². The molecule has 4 heteroatoms. The topological polar surface area (TPSA) is 54.7 Å². The zero-order chi connectivity index (χ0) is 11.0. The van der Waals surface area contributed by atoms with Crippen LogP contribution >= 0.6 is 11.6 Å². The summed E-state index contributed by atoms with van der Waals surface area (Å²) in [4.78, 5) is 0. The van der Waals surface area contributed by atoms with E-state index >= 15 is 0 Å². The molecule has 0 aliphatic rings. The smallest absolute Gasteiger partial charge is 0.153 e. The van der Waals surface area contributed by atoms with Crippen LogP contribution in [-0.4, -0.2) is 10.2 Å². The van der Waals surface area contributed by atoms with Crippen molar-refractivity contribution < 1.29 is 0 Å². The van der Waals surface area contributed by atoms with E-state index in [9.17, 15) is 0 Å². The molecule has 0 aliphatic heterocycles. The van der Waals surface area contributed by atoms with E-state index in [1.807, 2.05) is 32.0 Å². The first kappa shape index (κ1) is 10.1. The number of benzene rings is 1. The van der Waals surface area contributed by atoms with Crippen LogP contribution in [0, 0.1) is 13.8 Å². The number of anilines is 1. The summed E-state index contributed by atoms with van der Waals surface area (Å²) in [5, 5.41) is 7.49. The lowest BCUT2D eigenvalue weighted by Gasteiger charge is -2.05. The van der Waals surface area contributed by atoms with Gasteiger partial charge in [-0.2, -0.15) is 5.10 Å². The Kier molecular flexibility index (Phi) is 2.40. The van der Waals surface area contributed by atoms with Crippen LogP contribution in [0.25, 0.3) is 11.1 Å². The summed E-state index contributed by atoms with van der Waals surface area (Å²) < 4.78 is 0. The molecule has 2 aromatic rings. The van der Waals surface area contributed by atoms with Crippen molar-refractivity contribution in [2.75, 3.05) is 5.73 Å². The quantitative estimate of drug-likeness (QED) is 0.778. The van der Waals surface area contributed by atoms with Crippen molar-refractivity contribution in [3.8, 4) is 11.1 Å². The number of hydrogen-bond acceptors (Lipinski definition) is 2. The fourth-order valence-corrected chi connectivity index (χ4v) is 1.94. The number of H-pyrrole nitrogens is 1. The lowest BCUT2D eigenvalue weighted by atomic mass is 10.0. The highest BCUT2D eigenvalue weighted by Gasteiger charge is 2.12. The number of rotatable bonds is 1. The molecule has 0 unspecified atom stereocenters. The molecule has 3 N–H and O–H groups in total. The highest BCUT2D eigenvalue weighted by molar-refractivity contribution is 6.33. The van der Waals surface area contributed by atoms with E-state index < -0.39 is 0 Å². The second kappa shape index (κ2) is 3.59. The van der Waals surface area contributed by atoms with Crippen molar-refractivity contribution in [3.05, 3.63) is 34.5 Å². The molecule has 0 saturated carbocycles. The van der Waals surface area contributed by atoms with E-state index in [1.165, 1.54) is 0 Å². The molecule has 1 aromatic heterocycles. The second-order valence-corrected chi connectivity index (χ2v) is 4.00. The van der Waals surface area contributed by atoms with Gasteiger partial charge in [0, 0.05) is 21.8 Å². The van der Waals surface area contributed by atoms with E-state index in [-0.39, 0.29) is 0 Å². The minimum atomic E-state index is 0.484. The summed E-state index contributed by atoms with van der Waals surface area (Å²) in [7, 11) is 0. The molecule has 0 saturated heterocycles. The van der Waals surface area contributed by atoms with Crippen LogP contribution in [0.4, 0.5) is 5.82 Å². The number of hydrogen-bond donors (Lipinski definition) is 2. The molecule has 0 fully saturated rings. The minimum Gasteiger partial charge on any atom is -0.382 e. The van der Waals surface area contributed by atoms with Gasteiger partial charge in [-0.15, -0.1) is 0 Å². The number of nitrogens with two attached hydrogens (primary N) is 1. The van der Waals surface area contributed by atoms with Crippen molar-refractivity contribution in [2.45, 2.75) is 13.8 Å². The maximum absolute atomic E-state index is 6.17. The largest absolute Gasteiger partial charge is 0.382 e. The molecule has 1 heterocycles. The van der Waals surface area contributed by atoms with Gasteiger partial charge in [-0.05, 0) is 25.5 Å². The molecule has 0 radical (unpaired) electrons. The first-order valence-corrected chi connectivity index (χ1v) is 5.04. The summed E-state index contributed by atoms with van der Waals surface area (Å²) >= 11 is 6.17. The van der Waals surface area contributed by atoms with Gasteiger partial charge in [0.25, 0.3) is 0 Å². The number of nitrogens with zero attached hydrogens (tertiary/aromatic N) is 1. The molecule has 2 rings (SSSR count). The van der Waals surface area contributed by atoms with Crippen LogP contribution in [0.2, 0.25) is 5.02 Å². The van der Waals surface area contributed by atoms with Gasteiger partial charge in [0.15, 0.2) is 5.82 Å². The van der Waals surface area contributed by atoms with Crippen molar-refractivity contribution in [2.24, 2.45) is 0 Å². The number of aromatic nitrogens is 2. The maximum Gasteiger partial charge on any atom is 0.153 e. The third-order valence-corrected chi connectivity index (χ3v) is 2.68. The second-order valence-electron chi connectivity index (χ2n) is 3.59. The van der Waals surface area contributed by atoms with Crippen LogP contribution in [0.1, 0.15) is 11.3 Å². The predicted molar refractivity (Wildman–Crippen MR) is 62.9 cm³/mol. The van der Waals surface area contributed by atoms with Gasteiger partial charge in [0.1, 0.15) is 0 Å². The molecule has 0 bridgehead atoms. The van der Waals surface area contributed by atoms with E-state index in [0.29, 0.717) is 10.8 Å². The van der Waals surface area contributed by atoms with Gasteiger partial charge in [0.05, 0.1) is 0 Å². The van der Waals surface area contributed by atoms with Gasteiger partial charge >= 0.3 is 0 Å². The van der Waals surface area contributed by atoms with Gasteiger partial charge < -0.3 is 5.73 Å². The van der Waals surface area contributed by atoms with Crippen LogP contribution < -0.4 is 5.73 Å². The maximum atomic E-state index is 6.17. The summed E-state index contributed by atoms with van der Waals surface area (Å²) in [6.07, 6.45) is 0. The summed E-state index contributed by atoms with van der Waals surface area (Å²) in [6.45, 7) is 3.93. The molecule has 15 heavy (non-hydrogen) atoms. The average molecular weight is 222 g/mol. The first-order chi connectivity index (χ1) is 7.09. The monoisotopic (exact) mass is 221 g/mol.